The third-order valence-corrected chi connectivity index (χ3v) is 4.22. The van der Waals surface area contributed by atoms with Gasteiger partial charge in [-0.1, -0.05) is 42.5 Å². The number of carbonyl (C=O) groups is 2. The molecule has 0 aliphatic carbocycles. The Labute approximate surface area is 128 Å². The minimum Gasteiger partial charge on any atom is -0.480 e. The average Bonchev–Trinajstić information content (AvgIpc) is 2.45. The van der Waals surface area contributed by atoms with Gasteiger partial charge in [-0.05, 0) is 29.2 Å². The van der Waals surface area contributed by atoms with Crippen LogP contribution in [0.25, 0.3) is 10.8 Å². The van der Waals surface area contributed by atoms with Gasteiger partial charge in [0.1, 0.15) is 6.04 Å². The van der Waals surface area contributed by atoms with Crippen LogP contribution in [0.5, 0.6) is 0 Å². The van der Waals surface area contributed by atoms with E-state index in [1.54, 1.807) is 0 Å². The minimum absolute atomic E-state index is 0.286. The van der Waals surface area contributed by atoms with Crippen LogP contribution in [0.4, 0.5) is 0 Å². The molecule has 0 saturated carbocycles. The van der Waals surface area contributed by atoms with Gasteiger partial charge >= 0.3 is 5.97 Å². The lowest BCUT2D eigenvalue weighted by Crippen LogP contribution is -2.59. The number of carboxylic acids is 1. The van der Waals surface area contributed by atoms with Crippen LogP contribution in [-0.4, -0.2) is 40.5 Å². The van der Waals surface area contributed by atoms with E-state index in [4.69, 9.17) is 10.8 Å². The van der Waals surface area contributed by atoms with Crippen LogP contribution in [-0.2, 0) is 16.0 Å². The largest absolute Gasteiger partial charge is 0.480 e. The number of fused-ring (bicyclic) bond motifs is 1. The highest BCUT2D eigenvalue weighted by atomic mass is 16.4. The second-order valence-corrected chi connectivity index (χ2v) is 5.62. The number of amides is 1. The molecule has 114 valence electrons. The third-order valence-electron chi connectivity index (χ3n) is 4.22. The number of nitrogens with two attached hydrogens (primary N) is 1. The first-order valence-electron chi connectivity index (χ1n) is 7.33. The molecule has 2 aromatic carbocycles. The molecule has 1 heterocycles. The van der Waals surface area contributed by atoms with Crippen LogP contribution < -0.4 is 5.73 Å². The fourth-order valence-corrected chi connectivity index (χ4v) is 2.92. The first-order chi connectivity index (χ1) is 10.6. The zero-order chi connectivity index (χ0) is 15.7. The molecule has 0 radical (unpaired) electrons. The number of hydrogen-bond donors (Lipinski definition) is 2. The fraction of sp³-hybridized carbons (Fsp3) is 0.294. The first kappa shape index (κ1) is 14.5. The maximum absolute atomic E-state index is 12.3. The quantitative estimate of drug-likeness (QED) is 0.893. The van der Waals surface area contributed by atoms with Crippen molar-refractivity contribution in [3.63, 3.8) is 0 Å². The summed E-state index contributed by atoms with van der Waals surface area (Å²) in [5, 5.41) is 11.2. The monoisotopic (exact) mass is 298 g/mol. The maximum atomic E-state index is 12.3. The second-order valence-electron chi connectivity index (χ2n) is 5.62. The highest BCUT2D eigenvalue weighted by Crippen LogP contribution is 2.22. The molecule has 1 amide bonds. The van der Waals surface area contributed by atoms with E-state index in [1.165, 1.54) is 4.90 Å². The third kappa shape index (κ3) is 2.55. The van der Waals surface area contributed by atoms with Gasteiger partial charge in [0.15, 0.2) is 0 Å². The summed E-state index contributed by atoms with van der Waals surface area (Å²) >= 11 is 0. The Bertz CT molecular complexity index is 723. The van der Waals surface area contributed by atoms with Crippen LogP contribution in [0.1, 0.15) is 12.0 Å². The summed E-state index contributed by atoms with van der Waals surface area (Å²) in [6.07, 6.45) is 0.908. The summed E-state index contributed by atoms with van der Waals surface area (Å²) in [5.74, 6) is -1.25. The van der Waals surface area contributed by atoms with E-state index in [0.717, 1.165) is 16.3 Å². The van der Waals surface area contributed by atoms with Crippen LogP contribution >= 0.6 is 0 Å². The Morgan fingerprint density at radius 1 is 1.23 bits per heavy atom. The van der Waals surface area contributed by atoms with E-state index < -0.39 is 18.1 Å². The lowest BCUT2D eigenvalue weighted by molar-refractivity contribution is -0.157. The topological polar surface area (TPSA) is 83.6 Å². The Kier molecular flexibility index (Phi) is 3.81. The number of carbonyl (C=O) groups excluding carboxylic acids is 1. The normalized spacial score (nSPS) is 18.8. The first-order valence-corrected chi connectivity index (χ1v) is 7.33. The summed E-state index contributed by atoms with van der Waals surface area (Å²) in [6, 6.07) is 12.4. The van der Waals surface area contributed by atoms with Crippen LogP contribution in [0.2, 0.25) is 0 Å². The number of nitrogens with zero attached hydrogens (tertiary/aromatic N) is 1. The molecule has 0 aromatic heterocycles. The molecule has 3 rings (SSSR count). The van der Waals surface area contributed by atoms with E-state index in [9.17, 15) is 9.59 Å². The molecule has 0 spiro atoms. The molecule has 1 fully saturated rings. The predicted molar refractivity (Wildman–Crippen MR) is 83.4 cm³/mol. The fourth-order valence-electron chi connectivity index (χ4n) is 2.92. The maximum Gasteiger partial charge on any atom is 0.326 e. The number of aliphatic carboxylic acids is 1. The summed E-state index contributed by atoms with van der Waals surface area (Å²) in [4.78, 5) is 24.7. The summed E-state index contributed by atoms with van der Waals surface area (Å²) in [5.41, 5.74) is 7.03. The molecular weight excluding hydrogens is 280 g/mol. The molecule has 22 heavy (non-hydrogen) atoms. The van der Waals surface area contributed by atoms with Gasteiger partial charge in [0.05, 0.1) is 6.04 Å². The molecule has 2 atom stereocenters. The van der Waals surface area contributed by atoms with Gasteiger partial charge in [0, 0.05) is 6.54 Å². The Balaban J connectivity index is 1.77. The molecule has 1 saturated heterocycles. The molecule has 1 aliphatic rings. The average molecular weight is 298 g/mol. The van der Waals surface area contributed by atoms with Gasteiger partial charge in [0.25, 0.3) is 0 Å². The van der Waals surface area contributed by atoms with Crippen molar-refractivity contribution in [3.05, 3.63) is 48.0 Å². The van der Waals surface area contributed by atoms with Crippen molar-refractivity contribution in [3.8, 4) is 0 Å². The standard InChI is InChI=1S/C17H18N2O3/c18-14(16(20)19-9-8-15(19)17(21)22)10-12-6-3-5-11-4-1-2-7-13(11)12/h1-7,14-15H,8-10,18H2,(H,21,22)/t14-,15?/m1/s1. The number of likely N-dealkylation sites (tertiary alicyclic amines) is 1. The van der Waals surface area contributed by atoms with Gasteiger partial charge in [-0.15, -0.1) is 0 Å². The molecular formula is C17H18N2O3. The predicted octanol–water partition coefficient (Wildman–Crippen LogP) is 1.40. The van der Waals surface area contributed by atoms with Crippen LogP contribution in [0.15, 0.2) is 42.5 Å². The summed E-state index contributed by atoms with van der Waals surface area (Å²) in [6.45, 7) is 0.471. The van der Waals surface area contributed by atoms with Crippen molar-refractivity contribution >= 4 is 22.6 Å². The van der Waals surface area contributed by atoms with Crippen molar-refractivity contribution in [2.75, 3.05) is 6.54 Å². The number of benzene rings is 2. The van der Waals surface area contributed by atoms with E-state index >= 15 is 0 Å². The number of hydrogen-bond acceptors (Lipinski definition) is 3. The van der Waals surface area contributed by atoms with Crippen LogP contribution in [0.3, 0.4) is 0 Å². The van der Waals surface area contributed by atoms with Crippen molar-refractivity contribution < 1.29 is 14.7 Å². The highest BCUT2D eigenvalue weighted by Gasteiger charge is 2.39. The van der Waals surface area contributed by atoms with E-state index in [-0.39, 0.29) is 5.91 Å². The molecule has 0 bridgehead atoms. The Morgan fingerprint density at radius 3 is 2.64 bits per heavy atom. The van der Waals surface area contributed by atoms with Crippen molar-refractivity contribution in [2.24, 2.45) is 5.73 Å². The zero-order valence-electron chi connectivity index (χ0n) is 12.1. The number of carboxylic acid groups (broad SMARTS) is 1. The Hall–Kier alpha value is -2.40. The number of rotatable bonds is 4. The smallest absolute Gasteiger partial charge is 0.326 e. The molecule has 5 heteroatoms. The molecule has 5 nitrogen and oxygen atoms in total. The van der Waals surface area contributed by atoms with Gasteiger partial charge in [-0.25, -0.2) is 4.79 Å². The van der Waals surface area contributed by atoms with Gasteiger partial charge in [0.2, 0.25) is 5.91 Å². The van der Waals surface area contributed by atoms with E-state index in [2.05, 4.69) is 0 Å². The highest BCUT2D eigenvalue weighted by molar-refractivity contribution is 5.90. The lowest BCUT2D eigenvalue weighted by Gasteiger charge is -2.39. The minimum atomic E-state index is -0.961. The molecule has 1 aliphatic heterocycles. The molecule has 1 unspecified atom stereocenters. The van der Waals surface area contributed by atoms with E-state index in [1.807, 2.05) is 42.5 Å². The van der Waals surface area contributed by atoms with Crippen molar-refractivity contribution in [1.82, 2.24) is 4.90 Å². The van der Waals surface area contributed by atoms with Crippen molar-refractivity contribution in [2.45, 2.75) is 24.9 Å². The van der Waals surface area contributed by atoms with Gasteiger partial charge < -0.3 is 15.7 Å². The lowest BCUT2D eigenvalue weighted by atomic mass is 9.96. The second kappa shape index (κ2) is 5.77. The van der Waals surface area contributed by atoms with Crippen molar-refractivity contribution in [1.29, 1.82) is 0 Å². The van der Waals surface area contributed by atoms with E-state index in [0.29, 0.717) is 19.4 Å². The summed E-state index contributed by atoms with van der Waals surface area (Å²) in [7, 11) is 0. The van der Waals surface area contributed by atoms with Crippen LogP contribution in [0, 0.1) is 0 Å². The Morgan fingerprint density at radius 2 is 1.95 bits per heavy atom. The van der Waals surface area contributed by atoms with Gasteiger partial charge in [-0.2, -0.15) is 0 Å². The molecule has 2 aromatic rings. The van der Waals surface area contributed by atoms with Gasteiger partial charge in [-0.3, -0.25) is 4.79 Å². The molecule has 3 N–H and O–H groups in total. The zero-order valence-corrected chi connectivity index (χ0v) is 12.1. The SMILES string of the molecule is N[C@H](Cc1cccc2ccccc12)C(=O)N1CCC1C(=O)O. The summed E-state index contributed by atoms with van der Waals surface area (Å²) < 4.78 is 0.